The van der Waals surface area contributed by atoms with Gasteiger partial charge in [-0.3, -0.25) is 9.59 Å². The SMILES string of the molecule is CC(=O)O[C@H]1C[C@H]2O[C@]23Cc2occ(C)c2[C@@H](OC(=O)C(C)C)[C@]3(C)[C@@H]1C. The number of esters is 2. The second kappa shape index (κ2) is 5.84. The third kappa shape index (κ3) is 2.42. The molecule has 6 atom stereocenters. The quantitative estimate of drug-likeness (QED) is 0.593. The number of aryl methyl sites for hydroxylation is 1. The summed E-state index contributed by atoms with van der Waals surface area (Å²) < 4.78 is 23.8. The van der Waals surface area contributed by atoms with Crippen LogP contribution in [0.1, 0.15) is 64.0 Å². The Kier molecular flexibility index (Phi) is 4.01. The van der Waals surface area contributed by atoms with E-state index in [2.05, 4.69) is 13.8 Å². The minimum atomic E-state index is -0.512. The summed E-state index contributed by atoms with van der Waals surface area (Å²) in [6, 6.07) is 0. The Labute approximate surface area is 159 Å². The van der Waals surface area contributed by atoms with Crippen LogP contribution >= 0.6 is 0 Å². The van der Waals surface area contributed by atoms with Gasteiger partial charge in [-0.05, 0) is 12.5 Å². The van der Waals surface area contributed by atoms with Gasteiger partial charge in [0.1, 0.15) is 23.6 Å². The molecule has 0 N–H and O–H groups in total. The molecule has 2 heterocycles. The number of furan rings is 1. The summed E-state index contributed by atoms with van der Waals surface area (Å²) in [6.45, 7) is 11.2. The fourth-order valence-corrected chi connectivity index (χ4v) is 5.26. The minimum Gasteiger partial charge on any atom is -0.469 e. The molecule has 0 aromatic carbocycles. The fraction of sp³-hybridized carbons (Fsp3) is 0.714. The maximum atomic E-state index is 12.6. The standard InChI is InChI=1S/C21H28O6/c1-10(2)19(23)26-18-17-11(3)9-24-15(17)8-21-16(27-21)7-14(25-13(5)22)12(4)20(18,21)6/h9-10,12,14,16,18H,7-8H2,1-6H3/t12-,14+,16-,18-,20+,21-/m1/s1. The molecule has 27 heavy (non-hydrogen) atoms. The molecule has 1 aliphatic heterocycles. The number of rotatable bonds is 3. The highest BCUT2D eigenvalue weighted by atomic mass is 16.6. The summed E-state index contributed by atoms with van der Waals surface area (Å²) in [5.41, 5.74) is 0.966. The number of carbonyl (C=O) groups is 2. The highest BCUT2D eigenvalue weighted by Crippen LogP contribution is 2.70. The predicted molar refractivity (Wildman–Crippen MR) is 95.9 cm³/mol. The van der Waals surface area contributed by atoms with Gasteiger partial charge in [0.15, 0.2) is 0 Å². The van der Waals surface area contributed by atoms with E-state index < -0.39 is 17.1 Å². The Hall–Kier alpha value is -1.82. The first kappa shape index (κ1) is 18.5. The summed E-state index contributed by atoms with van der Waals surface area (Å²) >= 11 is 0. The van der Waals surface area contributed by atoms with Crippen LogP contribution in [-0.2, 0) is 30.2 Å². The van der Waals surface area contributed by atoms with Gasteiger partial charge in [0, 0.05) is 36.7 Å². The number of ether oxygens (including phenoxy) is 3. The third-order valence-corrected chi connectivity index (χ3v) is 7.03. The lowest BCUT2D eigenvalue weighted by Crippen LogP contribution is -2.59. The summed E-state index contributed by atoms with van der Waals surface area (Å²) in [5.74, 6) is 0.0279. The number of hydrogen-bond acceptors (Lipinski definition) is 6. The van der Waals surface area contributed by atoms with Crippen LogP contribution in [0.3, 0.4) is 0 Å². The highest BCUT2D eigenvalue weighted by molar-refractivity contribution is 5.72. The van der Waals surface area contributed by atoms with E-state index in [1.54, 1.807) is 6.26 Å². The molecule has 0 bridgehead atoms. The molecular formula is C21H28O6. The molecule has 0 unspecified atom stereocenters. The normalized spacial score (nSPS) is 39.2. The topological polar surface area (TPSA) is 78.3 Å². The highest BCUT2D eigenvalue weighted by Gasteiger charge is 2.78. The Balaban J connectivity index is 1.81. The minimum absolute atomic E-state index is 0.0261. The van der Waals surface area contributed by atoms with Gasteiger partial charge >= 0.3 is 11.9 Å². The van der Waals surface area contributed by atoms with Crippen molar-refractivity contribution in [3.8, 4) is 0 Å². The summed E-state index contributed by atoms with van der Waals surface area (Å²) in [7, 11) is 0. The first-order valence-corrected chi connectivity index (χ1v) is 9.74. The molecule has 0 radical (unpaired) electrons. The molecule has 6 nitrogen and oxygen atoms in total. The fourth-order valence-electron chi connectivity index (χ4n) is 5.26. The van der Waals surface area contributed by atoms with Crippen molar-refractivity contribution >= 4 is 11.9 Å². The van der Waals surface area contributed by atoms with E-state index in [1.807, 2.05) is 20.8 Å². The average molecular weight is 376 g/mol. The van der Waals surface area contributed by atoms with Crippen molar-refractivity contribution in [1.82, 2.24) is 0 Å². The van der Waals surface area contributed by atoms with Crippen LogP contribution in [-0.4, -0.2) is 29.7 Å². The zero-order valence-electron chi connectivity index (χ0n) is 16.8. The second-order valence-electron chi connectivity index (χ2n) is 8.85. The van der Waals surface area contributed by atoms with Crippen molar-refractivity contribution in [3.63, 3.8) is 0 Å². The maximum Gasteiger partial charge on any atom is 0.309 e. The molecule has 0 amide bonds. The van der Waals surface area contributed by atoms with Gasteiger partial charge in [-0.2, -0.15) is 0 Å². The van der Waals surface area contributed by atoms with Gasteiger partial charge < -0.3 is 18.6 Å². The number of carbonyl (C=O) groups excluding carboxylic acids is 2. The summed E-state index contributed by atoms with van der Waals surface area (Å²) in [4.78, 5) is 24.2. The lowest BCUT2D eigenvalue weighted by Gasteiger charge is -2.52. The molecule has 1 spiro atoms. The first-order chi connectivity index (χ1) is 12.6. The van der Waals surface area contributed by atoms with Crippen molar-refractivity contribution in [1.29, 1.82) is 0 Å². The molecule has 2 fully saturated rings. The van der Waals surface area contributed by atoms with E-state index in [0.717, 1.165) is 16.9 Å². The van der Waals surface area contributed by atoms with E-state index in [4.69, 9.17) is 18.6 Å². The van der Waals surface area contributed by atoms with E-state index in [0.29, 0.717) is 12.8 Å². The lowest BCUT2D eigenvalue weighted by molar-refractivity contribution is -0.185. The average Bonchev–Trinajstić information content (AvgIpc) is 3.16. The van der Waals surface area contributed by atoms with E-state index in [1.165, 1.54) is 6.92 Å². The van der Waals surface area contributed by atoms with Crippen LogP contribution in [0.25, 0.3) is 0 Å². The van der Waals surface area contributed by atoms with Crippen LogP contribution in [0.2, 0.25) is 0 Å². The zero-order chi connectivity index (χ0) is 19.7. The smallest absolute Gasteiger partial charge is 0.309 e. The van der Waals surface area contributed by atoms with Crippen molar-refractivity contribution < 1.29 is 28.2 Å². The Morgan fingerprint density at radius 3 is 2.63 bits per heavy atom. The Morgan fingerprint density at radius 2 is 2.00 bits per heavy atom. The molecular weight excluding hydrogens is 348 g/mol. The number of hydrogen-bond donors (Lipinski definition) is 0. The maximum absolute atomic E-state index is 12.6. The molecule has 1 aromatic heterocycles. The van der Waals surface area contributed by atoms with Gasteiger partial charge in [0.2, 0.25) is 0 Å². The van der Waals surface area contributed by atoms with E-state index in [9.17, 15) is 9.59 Å². The van der Waals surface area contributed by atoms with Crippen molar-refractivity contribution in [2.75, 3.05) is 0 Å². The predicted octanol–water partition coefficient (Wildman–Crippen LogP) is 3.50. The molecule has 1 saturated carbocycles. The molecule has 3 aliphatic rings. The summed E-state index contributed by atoms with van der Waals surface area (Å²) in [5, 5.41) is 0. The van der Waals surface area contributed by atoms with Crippen molar-refractivity contribution in [2.24, 2.45) is 17.3 Å². The monoisotopic (exact) mass is 376 g/mol. The molecule has 4 rings (SSSR count). The van der Waals surface area contributed by atoms with Gasteiger partial charge in [0.05, 0.1) is 18.3 Å². The Bertz CT molecular complexity index is 795. The third-order valence-electron chi connectivity index (χ3n) is 7.03. The van der Waals surface area contributed by atoms with Crippen LogP contribution in [0, 0.1) is 24.2 Å². The van der Waals surface area contributed by atoms with Gasteiger partial charge in [0.25, 0.3) is 0 Å². The van der Waals surface area contributed by atoms with E-state index >= 15 is 0 Å². The van der Waals surface area contributed by atoms with Gasteiger partial charge in [-0.25, -0.2) is 0 Å². The van der Waals surface area contributed by atoms with Crippen LogP contribution < -0.4 is 0 Å². The van der Waals surface area contributed by atoms with Gasteiger partial charge in [-0.15, -0.1) is 0 Å². The molecule has 1 aromatic rings. The Morgan fingerprint density at radius 1 is 1.30 bits per heavy atom. The lowest BCUT2D eigenvalue weighted by atomic mass is 9.53. The molecule has 6 heteroatoms. The summed E-state index contributed by atoms with van der Waals surface area (Å²) in [6.07, 6.45) is 2.27. The molecule has 148 valence electrons. The largest absolute Gasteiger partial charge is 0.469 e. The van der Waals surface area contributed by atoms with Gasteiger partial charge in [-0.1, -0.05) is 27.7 Å². The molecule has 1 saturated heterocycles. The number of fused-ring (bicyclic) bond motifs is 1. The first-order valence-electron chi connectivity index (χ1n) is 9.74. The van der Waals surface area contributed by atoms with Crippen molar-refractivity contribution in [2.45, 2.75) is 78.3 Å². The zero-order valence-corrected chi connectivity index (χ0v) is 16.8. The molecule has 2 aliphatic carbocycles. The van der Waals surface area contributed by atoms with E-state index in [-0.39, 0.29) is 36.0 Å². The van der Waals surface area contributed by atoms with Crippen LogP contribution in [0.5, 0.6) is 0 Å². The van der Waals surface area contributed by atoms with Crippen LogP contribution in [0.4, 0.5) is 0 Å². The van der Waals surface area contributed by atoms with Crippen molar-refractivity contribution in [3.05, 3.63) is 23.2 Å². The van der Waals surface area contributed by atoms with Crippen LogP contribution in [0.15, 0.2) is 10.7 Å². The second-order valence-corrected chi connectivity index (χ2v) is 8.85. The number of epoxide rings is 1.